The van der Waals surface area contributed by atoms with Crippen LogP contribution in [-0.4, -0.2) is 37.2 Å². The van der Waals surface area contributed by atoms with Crippen LogP contribution >= 0.6 is 11.3 Å². The van der Waals surface area contributed by atoms with Gasteiger partial charge in [0, 0.05) is 42.7 Å². The average Bonchev–Trinajstić information content (AvgIpc) is 3.18. The fraction of sp³-hybridized carbons (Fsp3) is 0.438. The van der Waals surface area contributed by atoms with Crippen LogP contribution in [0.3, 0.4) is 0 Å². The number of carbonyl (C=O) groups is 2. The summed E-state index contributed by atoms with van der Waals surface area (Å²) in [6, 6.07) is 0. The van der Waals surface area contributed by atoms with Gasteiger partial charge in [-0.1, -0.05) is 0 Å². The molecule has 2 amide bonds. The number of hydrogen-bond donors (Lipinski definition) is 1. The lowest BCUT2D eigenvalue weighted by Gasteiger charge is -2.24. The molecule has 132 valence electrons. The fourth-order valence-corrected chi connectivity index (χ4v) is 3.37. The molecule has 1 aliphatic rings. The summed E-state index contributed by atoms with van der Waals surface area (Å²) in [6.07, 6.45) is 2.35. The van der Waals surface area contributed by atoms with Gasteiger partial charge >= 0.3 is 0 Å². The smallest absolute Gasteiger partial charge is 0.270 e. The number of rotatable bonds is 5. The van der Waals surface area contributed by atoms with Crippen LogP contribution in [0, 0.1) is 13.8 Å². The highest BCUT2D eigenvalue weighted by Crippen LogP contribution is 2.19. The zero-order valence-corrected chi connectivity index (χ0v) is 15.3. The van der Waals surface area contributed by atoms with E-state index in [0.717, 1.165) is 22.0 Å². The maximum atomic E-state index is 13.0. The summed E-state index contributed by atoms with van der Waals surface area (Å²) in [5.74, 6) is -0.347. The van der Waals surface area contributed by atoms with E-state index in [1.807, 2.05) is 31.0 Å². The summed E-state index contributed by atoms with van der Waals surface area (Å²) in [5, 5.41) is 11.1. The minimum atomic E-state index is -0.183. The van der Waals surface area contributed by atoms with Crippen LogP contribution < -0.4 is 5.43 Å². The number of amides is 2. The number of nitrogens with zero attached hydrogens (tertiary/aromatic N) is 5. The highest BCUT2D eigenvalue weighted by atomic mass is 32.1. The zero-order valence-electron chi connectivity index (χ0n) is 14.4. The van der Waals surface area contributed by atoms with E-state index in [2.05, 4.69) is 20.6 Å². The first-order valence-corrected chi connectivity index (χ1v) is 8.85. The normalized spacial score (nSPS) is 14.2. The van der Waals surface area contributed by atoms with E-state index in [1.165, 1.54) is 11.3 Å². The van der Waals surface area contributed by atoms with Crippen molar-refractivity contribution in [3.63, 3.8) is 0 Å². The lowest BCUT2D eigenvalue weighted by atomic mass is 10.1. The standard InChI is InChI=1S/C16H20N6O2S/c1-10-12(11(2)21(3)20-10)8-22(9-15-17-6-7-25-15)16(24)13-4-5-14(23)19-18-13/h6-7H,4-5,8-9H2,1-3H3,(H,19,23). The molecule has 0 saturated heterocycles. The van der Waals surface area contributed by atoms with Crippen LogP contribution in [0.4, 0.5) is 0 Å². The van der Waals surface area contributed by atoms with E-state index in [4.69, 9.17) is 0 Å². The monoisotopic (exact) mass is 360 g/mol. The van der Waals surface area contributed by atoms with Crippen LogP contribution in [-0.2, 0) is 29.7 Å². The second kappa shape index (κ2) is 7.14. The van der Waals surface area contributed by atoms with E-state index in [0.29, 0.717) is 25.2 Å². The summed E-state index contributed by atoms with van der Waals surface area (Å²) >= 11 is 1.50. The number of thiazole rings is 1. The molecule has 1 aliphatic heterocycles. The van der Waals surface area contributed by atoms with Crippen molar-refractivity contribution in [3.05, 3.63) is 33.5 Å². The van der Waals surface area contributed by atoms with Crippen molar-refractivity contribution in [2.75, 3.05) is 0 Å². The van der Waals surface area contributed by atoms with Gasteiger partial charge in [-0.15, -0.1) is 11.3 Å². The van der Waals surface area contributed by atoms with Crippen LogP contribution in [0.25, 0.3) is 0 Å². The van der Waals surface area contributed by atoms with Crippen molar-refractivity contribution in [1.29, 1.82) is 0 Å². The van der Waals surface area contributed by atoms with Gasteiger partial charge in [0.05, 0.1) is 18.8 Å². The predicted molar refractivity (Wildman–Crippen MR) is 93.9 cm³/mol. The highest BCUT2D eigenvalue weighted by Gasteiger charge is 2.26. The van der Waals surface area contributed by atoms with Crippen LogP contribution in [0.2, 0.25) is 0 Å². The zero-order chi connectivity index (χ0) is 18.0. The molecule has 0 aromatic carbocycles. The van der Waals surface area contributed by atoms with Crippen molar-refractivity contribution >= 4 is 28.9 Å². The Morgan fingerprint density at radius 3 is 2.72 bits per heavy atom. The van der Waals surface area contributed by atoms with Gasteiger partial charge in [0.25, 0.3) is 5.91 Å². The summed E-state index contributed by atoms with van der Waals surface area (Å²) in [6.45, 7) is 4.75. The Kier molecular flexibility index (Phi) is 4.93. The third-order valence-electron chi connectivity index (χ3n) is 4.26. The van der Waals surface area contributed by atoms with Gasteiger partial charge in [0.2, 0.25) is 5.91 Å². The van der Waals surface area contributed by atoms with Crippen molar-refractivity contribution in [2.45, 2.75) is 39.8 Å². The molecular weight excluding hydrogens is 340 g/mol. The SMILES string of the molecule is Cc1nn(C)c(C)c1CN(Cc1nccs1)C(=O)C1=NNC(=O)CC1. The van der Waals surface area contributed by atoms with Crippen molar-refractivity contribution in [1.82, 2.24) is 25.1 Å². The third-order valence-corrected chi connectivity index (χ3v) is 5.02. The molecule has 0 unspecified atom stereocenters. The van der Waals surface area contributed by atoms with Gasteiger partial charge in [-0.25, -0.2) is 10.4 Å². The van der Waals surface area contributed by atoms with Crippen LogP contribution in [0.5, 0.6) is 0 Å². The van der Waals surface area contributed by atoms with Gasteiger partial charge in [-0.3, -0.25) is 14.3 Å². The molecule has 8 nitrogen and oxygen atoms in total. The minimum Gasteiger partial charge on any atom is -0.326 e. The molecule has 2 aromatic heterocycles. The number of hydrogen-bond acceptors (Lipinski definition) is 6. The second-order valence-electron chi connectivity index (χ2n) is 5.95. The maximum absolute atomic E-state index is 13.0. The van der Waals surface area contributed by atoms with E-state index < -0.39 is 0 Å². The Bertz CT molecular complexity index is 824. The highest BCUT2D eigenvalue weighted by molar-refractivity contribution is 7.09. The van der Waals surface area contributed by atoms with Crippen molar-refractivity contribution < 1.29 is 9.59 Å². The molecule has 0 bridgehead atoms. The lowest BCUT2D eigenvalue weighted by molar-refractivity contribution is -0.125. The molecule has 25 heavy (non-hydrogen) atoms. The maximum Gasteiger partial charge on any atom is 0.270 e. The molecule has 0 fully saturated rings. The molecule has 0 atom stereocenters. The molecule has 0 saturated carbocycles. The summed E-state index contributed by atoms with van der Waals surface area (Å²) in [7, 11) is 1.89. The molecule has 0 aliphatic carbocycles. The summed E-state index contributed by atoms with van der Waals surface area (Å²) in [4.78, 5) is 30.2. The molecule has 3 rings (SSSR count). The number of aromatic nitrogens is 3. The summed E-state index contributed by atoms with van der Waals surface area (Å²) < 4.78 is 1.81. The Labute approximate surface area is 149 Å². The number of nitrogens with one attached hydrogen (secondary N) is 1. The van der Waals surface area contributed by atoms with Crippen LogP contribution in [0.15, 0.2) is 16.7 Å². The van der Waals surface area contributed by atoms with Gasteiger partial charge in [-0.05, 0) is 13.8 Å². The first-order valence-electron chi connectivity index (χ1n) is 7.98. The Hall–Kier alpha value is -2.55. The number of carbonyl (C=O) groups excluding carboxylic acids is 2. The minimum absolute atomic E-state index is 0.165. The Balaban J connectivity index is 1.87. The van der Waals surface area contributed by atoms with Gasteiger partial charge in [0.1, 0.15) is 10.7 Å². The average molecular weight is 360 g/mol. The van der Waals surface area contributed by atoms with Gasteiger partial charge < -0.3 is 4.90 Å². The van der Waals surface area contributed by atoms with E-state index in [1.54, 1.807) is 11.1 Å². The first-order chi connectivity index (χ1) is 12.0. The fourth-order valence-electron chi connectivity index (χ4n) is 2.74. The predicted octanol–water partition coefficient (Wildman–Crippen LogP) is 1.29. The molecular formula is C16H20N6O2S. The quantitative estimate of drug-likeness (QED) is 0.869. The first kappa shape index (κ1) is 17.3. The Morgan fingerprint density at radius 1 is 1.36 bits per heavy atom. The molecule has 3 heterocycles. The van der Waals surface area contributed by atoms with E-state index in [-0.39, 0.29) is 18.2 Å². The summed E-state index contributed by atoms with van der Waals surface area (Å²) in [5.41, 5.74) is 5.70. The number of hydrazone groups is 1. The molecule has 0 radical (unpaired) electrons. The van der Waals surface area contributed by atoms with Crippen molar-refractivity contribution in [2.24, 2.45) is 12.1 Å². The lowest BCUT2D eigenvalue weighted by Crippen LogP contribution is -2.39. The van der Waals surface area contributed by atoms with Crippen LogP contribution in [0.1, 0.15) is 34.8 Å². The number of aryl methyl sites for hydroxylation is 2. The molecule has 2 aromatic rings. The molecule has 1 N–H and O–H groups in total. The van der Waals surface area contributed by atoms with E-state index >= 15 is 0 Å². The molecule has 9 heteroatoms. The Morgan fingerprint density at radius 2 is 2.16 bits per heavy atom. The van der Waals surface area contributed by atoms with Gasteiger partial charge in [-0.2, -0.15) is 10.2 Å². The topological polar surface area (TPSA) is 92.5 Å². The third kappa shape index (κ3) is 3.76. The second-order valence-corrected chi connectivity index (χ2v) is 6.93. The molecule has 0 spiro atoms. The van der Waals surface area contributed by atoms with E-state index in [9.17, 15) is 9.59 Å². The largest absolute Gasteiger partial charge is 0.326 e. The van der Waals surface area contributed by atoms with Crippen molar-refractivity contribution in [3.8, 4) is 0 Å². The van der Waals surface area contributed by atoms with Gasteiger partial charge in [0.15, 0.2) is 0 Å².